The number of carboxylic acid groups (broad SMARTS) is 1. The lowest BCUT2D eigenvalue weighted by molar-refractivity contribution is -0.138. The molecule has 1 atom stereocenters. The van der Waals surface area contributed by atoms with Gasteiger partial charge in [-0.2, -0.15) is 0 Å². The molecule has 1 aliphatic rings. The Morgan fingerprint density at radius 1 is 1.10 bits per heavy atom. The Morgan fingerprint density at radius 2 is 1.83 bits per heavy atom. The maximum absolute atomic E-state index is 13.0. The number of methoxy groups -OCH3 is 3. The van der Waals surface area contributed by atoms with Crippen molar-refractivity contribution < 1.29 is 28.9 Å². The highest BCUT2D eigenvalue weighted by Crippen LogP contribution is 2.39. The third kappa shape index (κ3) is 4.37. The van der Waals surface area contributed by atoms with E-state index < -0.39 is 12.0 Å². The largest absolute Gasteiger partial charge is 0.497 e. The predicted octanol–water partition coefficient (Wildman–Crippen LogP) is 3.32. The van der Waals surface area contributed by atoms with Crippen molar-refractivity contribution in [1.29, 1.82) is 0 Å². The van der Waals surface area contributed by atoms with Gasteiger partial charge in [-0.15, -0.1) is 0 Å². The molecule has 154 valence electrons. The number of rotatable bonds is 6. The molecular weight excluding hydrogens is 376 g/mol. The van der Waals surface area contributed by atoms with E-state index in [2.05, 4.69) is 5.32 Å². The number of carboxylic acids is 1. The van der Waals surface area contributed by atoms with Crippen LogP contribution in [0.3, 0.4) is 0 Å². The average molecular weight is 400 g/mol. The minimum absolute atomic E-state index is 0.214. The Hall–Kier alpha value is -3.42. The van der Waals surface area contributed by atoms with E-state index in [0.29, 0.717) is 35.9 Å². The zero-order valence-corrected chi connectivity index (χ0v) is 16.6. The average Bonchev–Trinajstić information content (AvgIpc) is 2.72. The molecule has 2 N–H and O–H groups in total. The van der Waals surface area contributed by atoms with Gasteiger partial charge in [-0.05, 0) is 41.8 Å². The SMILES string of the molecule is COc1cccc(NC(=O)N2CCc3cc(OC)c(OC)cc3[C@H]2CC(=O)O)c1. The summed E-state index contributed by atoms with van der Waals surface area (Å²) in [7, 11) is 4.62. The van der Waals surface area contributed by atoms with Gasteiger partial charge in [0.2, 0.25) is 0 Å². The van der Waals surface area contributed by atoms with Gasteiger partial charge >= 0.3 is 12.0 Å². The van der Waals surface area contributed by atoms with Crippen LogP contribution in [0.5, 0.6) is 17.2 Å². The van der Waals surface area contributed by atoms with E-state index in [9.17, 15) is 14.7 Å². The molecule has 0 spiro atoms. The van der Waals surface area contributed by atoms with Gasteiger partial charge in [0, 0.05) is 18.3 Å². The van der Waals surface area contributed by atoms with Gasteiger partial charge in [0.05, 0.1) is 33.8 Å². The first kappa shape index (κ1) is 20.3. The van der Waals surface area contributed by atoms with E-state index in [1.165, 1.54) is 7.11 Å². The monoisotopic (exact) mass is 400 g/mol. The van der Waals surface area contributed by atoms with Crippen LogP contribution in [0.2, 0.25) is 0 Å². The van der Waals surface area contributed by atoms with Gasteiger partial charge in [0.25, 0.3) is 0 Å². The number of urea groups is 1. The van der Waals surface area contributed by atoms with Gasteiger partial charge in [-0.3, -0.25) is 4.79 Å². The first-order valence-corrected chi connectivity index (χ1v) is 9.15. The molecule has 0 aliphatic carbocycles. The van der Waals surface area contributed by atoms with Crippen molar-refractivity contribution in [2.75, 3.05) is 33.2 Å². The first-order valence-electron chi connectivity index (χ1n) is 9.15. The minimum Gasteiger partial charge on any atom is -0.497 e. The fraction of sp³-hybridized carbons (Fsp3) is 0.333. The number of hydrogen-bond donors (Lipinski definition) is 2. The van der Waals surface area contributed by atoms with E-state index in [1.54, 1.807) is 49.5 Å². The van der Waals surface area contributed by atoms with Crippen molar-refractivity contribution in [2.24, 2.45) is 0 Å². The molecule has 0 bridgehead atoms. The van der Waals surface area contributed by atoms with E-state index in [4.69, 9.17) is 14.2 Å². The summed E-state index contributed by atoms with van der Waals surface area (Å²) >= 11 is 0. The fourth-order valence-electron chi connectivity index (χ4n) is 3.55. The van der Waals surface area contributed by atoms with Crippen LogP contribution in [0.4, 0.5) is 10.5 Å². The van der Waals surface area contributed by atoms with Crippen LogP contribution >= 0.6 is 0 Å². The molecule has 29 heavy (non-hydrogen) atoms. The summed E-state index contributed by atoms with van der Waals surface area (Å²) in [5, 5.41) is 12.3. The van der Waals surface area contributed by atoms with Crippen LogP contribution < -0.4 is 19.5 Å². The zero-order chi connectivity index (χ0) is 21.0. The smallest absolute Gasteiger partial charge is 0.322 e. The highest BCUT2D eigenvalue weighted by molar-refractivity contribution is 5.90. The maximum Gasteiger partial charge on any atom is 0.322 e. The van der Waals surface area contributed by atoms with Gasteiger partial charge < -0.3 is 29.5 Å². The third-order valence-corrected chi connectivity index (χ3v) is 4.95. The number of carbonyl (C=O) groups excluding carboxylic acids is 1. The molecule has 0 saturated carbocycles. The molecule has 8 heteroatoms. The maximum atomic E-state index is 13.0. The summed E-state index contributed by atoms with van der Waals surface area (Å²) in [6.45, 7) is 0.385. The number of amides is 2. The van der Waals surface area contributed by atoms with Gasteiger partial charge in [0.15, 0.2) is 11.5 Å². The molecule has 0 saturated heterocycles. The van der Waals surface area contributed by atoms with Crippen molar-refractivity contribution in [3.8, 4) is 17.2 Å². The second kappa shape index (κ2) is 8.72. The lowest BCUT2D eigenvalue weighted by Gasteiger charge is -2.37. The molecule has 0 unspecified atom stereocenters. The van der Waals surface area contributed by atoms with E-state index in [-0.39, 0.29) is 12.5 Å². The van der Waals surface area contributed by atoms with Crippen LogP contribution in [0.25, 0.3) is 0 Å². The molecule has 2 aromatic rings. The summed E-state index contributed by atoms with van der Waals surface area (Å²) < 4.78 is 15.9. The molecule has 2 aromatic carbocycles. The Balaban J connectivity index is 1.92. The summed E-state index contributed by atoms with van der Waals surface area (Å²) in [5.41, 5.74) is 2.26. The van der Waals surface area contributed by atoms with Crippen molar-refractivity contribution in [2.45, 2.75) is 18.9 Å². The summed E-state index contributed by atoms with van der Waals surface area (Å²) in [6.07, 6.45) is 0.366. The number of anilines is 1. The van der Waals surface area contributed by atoms with Crippen molar-refractivity contribution in [3.63, 3.8) is 0 Å². The van der Waals surface area contributed by atoms with Crippen LogP contribution in [0, 0.1) is 0 Å². The number of hydrogen-bond acceptors (Lipinski definition) is 5. The van der Waals surface area contributed by atoms with Crippen molar-refractivity contribution in [1.82, 2.24) is 4.90 Å². The number of carbonyl (C=O) groups is 2. The molecule has 3 rings (SSSR count). The number of aliphatic carboxylic acids is 1. The Labute approximate surface area is 169 Å². The normalized spacial score (nSPS) is 15.3. The molecule has 0 radical (unpaired) electrons. The predicted molar refractivity (Wildman–Crippen MR) is 107 cm³/mol. The van der Waals surface area contributed by atoms with Crippen molar-refractivity contribution in [3.05, 3.63) is 47.5 Å². The van der Waals surface area contributed by atoms with E-state index in [0.717, 1.165) is 11.1 Å². The van der Waals surface area contributed by atoms with Crippen LogP contribution in [-0.4, -0.2) is 49.9 Å². The number of fused-ring (bicyclic) bond motifs is 1. The highest BCUT2D eigenvalue weighted by Gasteiger charge is 2.33. The number of nitrogens with zero attached hydrogens (tertiary/aromatic N) is 1. The molecular formula is C21H24N2O6. The topological polar surface area (TPSA) is 97.3 Å². The Kier molecular flexibility index (Phi) is 6.11. The van der Waals surface area contributed by atoms with Gasteiger partial charge in [-0.25, -0.2) is 4.79 Å². The lowest BCUT2D eigenvalue weighted by atomic mass is 9.90. The minimum atomic E-state index is -0.989. The summed E-state index contributed by atoms with van der Waals surface area (Å²) in [5.74, 6) is 0.703. The number of benzene rings is 2. The molecule has 8 nitrogen and oxygen atoms in total. The Bertz CT molecular complexity index is 914. The Morgan fingerprint density at radius 3 is 2.48 bits per heavy atom. The van der Waals surface area contributed by atoms with Gasteiger partial charge in [0.1, 0.15) is 5.75 Å². The second-order valence-corrected chi connectivity index (χ2v) is 6.63. The molecule has 2 amide bonds. The first-order chi connectivity index (χ1) is 14.0. The standard InChI is InChI=1S/C21H24N2O6/c1-27-15-6-4-5-14(10-15)22-21(26)23-8-7-13-9-18(28-2)19(29-3)11-16(13)17(23)12-20(24)25/h4-6,9-11,17H,7-8,12H2,1-3H3,(H,22,26)(H,24,25)/t17-/m1/s1. The van der Waals surface area contributed by atoms with Gasteiger partial charge in [-0.1, -0.05) is 6.07 Å². The lowest BCUT2D eigenvalue weighted by Crippen LogP contribution is -2.43. The highest BCUT2D eigenvalue weighted by atomic mass is 16.5. The summed E-state index contributed by atoms with van der Waals surface area (Å²) in [6, 6.07) is 9.61. The molecule has 0 aromatic heterocycles. The van der Waals surface area contributed by atoms with E-state index >= 15 is 0 Å². The molecule has 1 aliphatic heterocycles. The molecule has 0 fully saturated rings. The van der Waals surface area contributed by atoms with Crippen LogP contribution in [0.15, 0.2) is 36.4 Å². The number of nitrogens with one attached hydrogen (secondary N) is 1. The number of ether oxygens (including phenoxy) is 3. The third-order valence-electron chi connectivity index (χ3n) is 4.95. The quantitative estimate of drug-likeness (QED) is 0.772. The zero-order valence-electron chi connectivity index (χ0n) is 16.6. The summed E-state index contributed by atoms with van der Waals surface area (Å²) in [4.78, 5) is 26.0. The van der Waals surface area contributed by atoms with E-state index in [1.807, 2.05) is 6.07 Å². The fourth-order valence-corrected chi connectivity index (χ4v) is 3.55. The van der Waals surface area contributed by atoms with Crippen LogP contribution in [-0.2, 0) is 11.2 Å². The van der Waals surface area contributed by atoms with Crippen LogP contribution in [0.1, 0.15) is 23.6 Å². The van der Waals surface area contributed by atoms with Crippen molar-refractivity contribution >= 4 is 17.7 Å². The second-order valence-electron chi connectivity index (χ2n) is 6.63. The molecule has 1 heterocycles.